The minimum atomic E-state index is 0.0754. The van der Waals surface area contributed by atoms with Gasteiger partial charge in [-0.2, -0.15) is 5.26 Å². The highest BCUT2D eigenvalue weighted by atomic mass is 14.4. The molecule has 0 N–H and O–H groups in total. The molecule has 0 aliphatic heterocycles. The molecule has 1 nitrogen and oxygen atoms in total. The Labute approximate surface area is 88.5 Å². The molecule has 14 heavy (non-hydrogen) atoms. The van der Waals surface area contributed by atoms with Gasteiger partial charge in [0.1, 0.15) is 0 Å². The van der Waals surface area contributed by atoms with Crippen LogP contribution in [0, 0.1) is 16.7 Å². The second-order valence-electron chi connectivity index (χ2n) is 4.76. The quantitative estimate of drug-likeness (QED) is 0.592. The Morgan fingerprint density at radius 3 is 2.36 bits per heavy atom. The summed E-state index contributed by atoms with van der Waals surface area (Å²) in [5.74, 6) is 0. The first-order valence-corrected chi connectivity index (χ1v) is 6.24. The normalized spacial score (nSPS) is 20.3. The fraction of sp³-hybridized carbons (Fsp3) is 0.923. The Morgan fingerprint density at radius 1 is 1.07 bits per heavy atom. The van der Waals surface area contributed by atoms with Gasteiger partial charge in [-0.3, -0.25) is 0 Å². The third-order valence-corrected chi connectivity index (χ3v) is 3.56. The zero-order valence-electron chi connectivity index (χ0n) is 9.52. The number of nitrogens with zero attached hydrogens (tertiary/aromatic N) is 1. The molecule has 80 valence electrons. The zero-order valence-corrected chi connectivity index (χ0v) is 9.52. The molecular weight excluding hydrogens is 170 g/mol. The summed E-state index contributed by atoms with van der Waals surface area (Å²) < 4.78 is 0. The molecule has 1 fully saturated rings. The second kappa shape index (κ2) is 6.06. The number of nitriles is 1. The van der Waals surface area contributed by atoms with Gasteiger partial charge in [0.25, 0.3) is 0 Å². The third kappa shape index (κ3) is 3.33. The minimum Gasteiger partial charge on any atom is -0.198 e. The molecule has 0 aromatic heterocycles. The van der Waals surface area contributed by atoms with Crippen molar-refractivity contribution in [3.63, 3.8) is 0 Å². The van der Waals surface area contributed by atoms with Crippen LogP contribution in [-0.2, 0) is 0 Å². The van der Waals surface area contributed by atoms with Gasteiger partial charge in [-0.1, -0.05) is 51.9 Å². The van der Waals surface area contributed by atoms with Gasteiger partial charge in [0.2, 0.25) is 0 Å². The van der Waals surface area contributed by atoms with Gasteiger partial charge in [-0.05, 0) is 19.3 Å². The lowest BCUT2D eigenvalue weighted by Crippen LogP contribution is -2.21. The molecule has 1 saturated carbocycles. The van der Waals surface area contributed by atoms with E-state index in [1.807, 2.05) is 0 Å². The lowest BCUT2D eigenvalue weighted by molar-refractivity contribution is 0.241. The minimum absolute atomic E-state index is 0.0754. The van der Waals surface area contributed by atoms with E-state index in [2.05, 4.69) is 13.0 Å². The molecule has 0 heterocycles. The Morgan fingerprint density at radius 2 is 1.79 bits per heavy atom. The summed E-state index contributed by atoms with van der Waals surface area (Å²) in [5.41, 5.74) is 0.0754. The Bertz CT molecular complexity index is 184. The molecule has 0 aromatic rings. The van der Waals surface area contributed by atoms with Crippen molar-refractivity contribution in [1.29, 1.82) is 5.26 Å². The number of hydrogen-bond donors (Lipinski definition) is 0. The number of unbranched alkanes of at least 4 members (excludes halogenated alkanes) is 3. The molecule has 0 unspecified atom stereocenters. The van der Waals surface area contributed by atoms with Crippen LogP contribution in [0.2, 0.25) is 0 Å². The monoisotopic (exact) mass is 193 g/mol. The van der Waals surface area contributed by atoms with E-state index in [9.17, 15) is 5.26 Å². The van der Waals surface area contributed by atoms with Gasteiger partial charge in [0.05, 0.1) is 11.5 Å². The van der Waals surface area contributed by atoms with Gasteiger partial charge in [-0.15, -0.1) is 0 Å². The van der Waals surface area contributed by atoms with Crippen molar-refractivity contribution in [2.24, 2.45) is 5.41 Å². The number of hydrogen-bond acceptors (Lipinski definition) is 1. The zero-order chi connectivity index (χ0) is 10.3. The molecule has 0 radical (unpaired) electrons. The maximum Gasteiger partial charge on any atom is 0.0689 e. The van der Waals surface area contributed by atoms with Crippen LogP contribution < -0.4 is 0 Å². The van der Waals surface area contributed by atoms with Crippen LogP contribution in [0.4, 0.5) is 0 Å². The fourth-order valence-electron chi connectivity index (χ4n) is 2.54. The first-order valence-electron chi connectivity index (χ1n) is 6.24. The fourth-order valence-corrected chi connectivity index (χ4v) is 2.54. The molecule has 0 atom stereocenters. The van der Waals surface area contributed by atoms with E-state index < -0.39 is 0 Å². The smallest absolute Gasteiger partial charge is 0.0689 e. The van der Waals surface area contributed by atoms with Crippen molar-refractivity contribution in [3.05, 3.63) is 0 Å². The van der Waals surface area contributed by atoms with Crippen molar-refractivity contribution in [2.75, 3.05) is 0 Å². The van der Waals surface area contributed by atoms with Gasteiger partial charge in [0.15, 0.2) is 0 Å². The summed E-state index contributed by atoms with van der Waals surface area (Å²) >= 11 is 0. The predicted octanol–water partition coefficient (Wildman–Crippen LogP) is 4.43. The molecule has 1 aliphatic rings. The lowest BCUT2D eigenvalue weighted by Gasteiger charge is -2.30. The highest BCUT2D eigenvalue weighted by Crippen LogP contribution is 2.39. The van der Waals surface area contributed by atoms with Crippen LogP contribution in [0.3, 0.4) is 0 Å². The highest BCUT2D eigenvalue weighted by Gasteiger charge is 2.30. The van der Waals surface area contributed by atoms with E-state index >= 15 is 0 Å². The molecule has 1 rings (SSSR count). The van der Waals surface area contributed by atoms with Gasteiger partial charge < -0.3 is 0 Å². The van der Waals surface area contributed by atoms with Crippen LogP contribution in [0.5, 0.6) is 0 Å². The van der Waals surface area contributed by atoms with Crippen LogP contribution in [0.25, 0.3) is 0 Å². The molecule has 0 saturated heterocycles. The summed E-state index contributed by atoms with van der Waals surface area (Å²) in [6.45, 7) is 2.24. The molecule has 1 heteroatoms. The molecule has 0 bridgehead atoms. The van der Waals surface area contributed by atoms with Crippen LogP contribution in [0.1, 0.15) is 71.1 Å². The van der Waals surface area contributed by atoms with Crippen LogP contribution >= 0.6 is 0 Å². The second-order valence-corrected chi connectivity index (χ2v) is 4.76. The van der Waals surface area contributed by atoms with Gasteiger partial charge in [0, 0.05) is 0 Å². The Balaban J connectivity index is 2.26. The van der Waals surface area contributed by atoms with Crippen molar-refractivity contribution >= 4 is 0 Å². The molecule has 0 spiro atoms. The SMILES string of the molecule is CCCCCCC1(C#N)CCCCC1. The van der Waals surface area contributed by atoms with E-state index in [-0.39, 0.29) is 5.41 Å². The Hall–Kier alpha value is -0.510. The lowest BCUT2D eigenvalue weighted by atomic mass is 9.72. The first-order chi connectivity index (χ1) is 6.83. The summed E-state index contributed by atoms with van der Waals surface area (Å²) in [6.07, 6.45) is 12.6. The summed E-state index contributed by atoms with van der Waals surface area (Å²) in [6, 6.07) is 2.59. The summed E-state index contributed by atoms with van der Waals surface area (Å²) in [7, 11) is 0. The van der Waals surface area contributed by atoms with Gasteiger partial charge >= 0.3 is 0 Å². The summed E-state index contributed by atoms with van der Waals surface area (Å²) in [5, 5.41) is 9.25. The van der Waals surface area contributed by atoms with E-state index in [0.29, 0.717) is 0 Å². The van der Waals surface area contributed by atoms with E-state index in [0.717, 1.165) is 19.3 Å². The average Bonchev–Trinajstić information content (AvgIpc) is 2.26. The first kappa shape index (κ1) is 11.6. The van der Waals surface area contributed by atoms with E-state index in [1.54, 1.807) is 0 Å². The molecule has 0 amide bonds. The van der Waals surface area contributed by atoms with E-state index in [4.69, 9.17) is 0 Å². The number of rotatable bonds is 5. The molecular formula is C13H23N. The van der Waals surface area contributed by atoms with Crippen molar-refractivity contribution < 1.29 is 0 Å². The topological polar surface area (TPSA) is 23.8 Å². The van der Waals surface area contributed by atoms with Crippen molar-refractivity contribution in [3.8, 4) is 6.07 Å². The third-order valence-electron chi connectivity index (χ3n) is 3.56. The molecule has 1 aliphatic carbocycles. The largest absolute Gasteiger partial charge is 0.198 e. The Kier molecular flexibility index (Phi) is 5.01. The van der Waals surface area contributed by atoms with Crippen molar-refractivity contribution in [1.82, 2.24) is 0 Å². The maximum absolute atomic E-state index is 9.25. The molecule has 0 aromatic carbocycles. The van der Waals surface area contributed by atoms with E-state index in [1.165, 1.54) is 44.9 Å². The predicted molar refractivity (Wildman–Crippen MR) is 59.9 cm³/mol. The summed E-state index contributed by atoms with van der Waals surface area (Å²) in [4.78, 5) is 0. The maximum atomic E-state index is 9.25. The van der Waals surface area contributed by atoms with Gasteiger partial charge in [-0.25, -0.2) is 0 Å². The van der Waals surface area contributed by atoms with Crippen LogP contribution in [0.15, 0.2) is 0 Å². The van der Waals surface area contributed by atoms with Crippen molar-refractivity contribution in [2.45, 2.75) is 71.1 Å². The highest BCUT2D eigenvalue weighted by molar-refractivity contribution is 5.00. The van der Waals surface area contributed by atoms with Crippen LogP contribution in [-0.4, -0.2) is 0 Å². The standard InChI is InChI=1S/C13H23N/c1-2-3-4-6-9-13(12-14)10-7-5-8-11-13/h2-11H2,1H3. The average molecular weight is 193 g/mol.